The molecule has 0 radical (unpaired) electrons. The lowest BCUT2D eigenvalue weighted by molar-refractivity contribution is -0.384. The van der Waals surface area contributed by atoms with E-state index in [2.05, 4.69) is 15.6 Å². The number of benzene rings is 3. The van der Waals surface area contributed by atoms with Crippen LogP contribution in [0.15, 0.2) is 79.3 Å². The Balaban J connectivity index is 1.34. The third-order valence-corrected chi connectivity index (χ3v) is 7.70. The zero-order valence-electron chi connectivity index (χ0n) is 23.2. The van der Waals surface area contributed by atoms with E-state index in [1.54, 1.807) is 12.4 Å². The smallest absolute Gasteiger partial charge is 0.270 e. The van der Waals surface area contributed by atoms with Gasteiger partial charge in [0.15, 0.2) is 0 Å². The third kappa shape index (κ3) is 5.51. The molecule has 1 saturated heterocycles. The molecule has 2 aliphatic rings. The van der Waals surface area contributed by atoms with E-state index in [4.69, 9.17) is 0 Å². The molecule has 1 fully saturated rings. The van der Waals surface area contributed by atoms with Gasteiger partial charge in [0.05, 0.1) is 28.2 Å². The van der Waals surface area contributed by atoms with Gasteiger partial charge in [0.2, 0.25) is 5.91 Å². The molecule has 3 aromatic carbocycles. The SMILES string of the molecule is Cn1cnc(-c2ccc(N/C(=C3\C(=O)Nc4ccc([N+](=O)[O-])cc43)c3ccc(CCN4CCCCC4=O)cc3)cc2)c1. The molecule has 0 atom stereocenters. The monoisotopic (exact) mass is 562 g/mol. The van der Waals surface area contributed by atoms with Crippen molar-refractivity contribution >= 4 is 40.1 Å². The van der Waals surface area contributed by atoms with Crippen LogP contribution in [0.25, 0.3) is 22.5 Å². The number of nitrogens with zero attached hydrogens (tertiary/aromatic N) is 4. The largest absolute Gasteiger partial charge is 0.354 e. The maximum atomic E-state index is 13.3. The molecule has 0 aliphatic carbocycles. The van der Waals surface area contributed by atoms with Gasteiger partial charge in [-0.1, -0.05) is 36.4 Å². The highest BCUT2D eigenvalue weighted by Crippen LogP contribution is 2.39. The number of aromatic nitrogens is 2. The standard InChI is InChI=1S/C32H30N6O4/c1-36-19-28(33-20-36)22-9-11-24(12-10-22)34-31(30-26-18-25(38(41)42)13-14-27(26)35-32(30)40)23-7-5-21(6-8-23)15-17-37-16-3-2-4-29(37)39/h5-14,18-20,34H,2-4,15-17H2,1H3,(H,35,40)/b31-30-. The fourth-order valence-corrected chi connectivity index (χ4v) is 5.43. The number of fused-ring (bicyclic) bond motifs is 1. The number of aryl methyl sites for hydroxylation is 1. The van der Waals surface area contributed by atoms with E-state index in [-0.39, 0.29) is 17.5 Å². The van der Waals surface area contributed by atoms with Gasteiger partial charge >= 0.3 is 0 Å². The van der Waals surface area contributed by atoms with Gasteiger partial charge < -0.3 is 20.1 Å². The quantitative estimate of drug-likeness (QED) is 0.167. The molecular weight excluding hydrogens is 532 g/mol. The van der Waals surface area contributed by atoms with Gasteiger partial charge in [-0.25, -0.2) is 4.98 Å². The molecule has 0 unspecified atom stereocenters. The Bertz CT molecular complexity index is 1710. The minimum absolute atomic E-state index is 0.0931. The predicted octanol–water partition coefficient (Wildman–Crippen LogP) is 5.48. The minimum Gasteiger partial charge on any atom is -0.354 e. The minimum atomic E-state index is -0.466. The molecule has 0 saturated carbocycles. The summed E-state index contributed by atoms with van der Waals surface area (Å²) < 4.78 is 1.88. The Labute approximate surface area is 242 Å². The van der Waals surface area contributed by atoms with Gasteiger partial charge in [-0.15, -0.1) is 0 Å². The molecule has 10 heteroatoms. The number of likely N-dealkylation sites (tertiary alicyclic amines) is 1. The topological polar surface area (TPSA) is 122 Å². The Kier molecular flexibility index (Phi) is 7.26. The first kappa shape index (κ1) is 26.9. The number of piperidine rings is 1. The average Bonchev–Trinajstić information content (AvgIpc) is 3.58. The first-order chi connectivity index (χ1) is 20.4. The second kappa shape index (κ2) is 11.3. The molecule has 6 rings (SSSR count). The number of hydrogen-bond acceptors (Lipinski definition) is 6. The molecule has 42 heavy (non-hydrogen) atoms. The van der Waals surface area contributed by atoms with Crippen molar-refractivity contribution in [3.63, 3.8) is 0 Å². The van der Waals surface area contributed by atoms with Crippen LogP contribution in [0.2, 0.25) is 0 Å². The Morgan fingerprint density at radius 1 is 1.05 bits per heavy atom. The summed E-state index contributed by atoms with van der Waals surface area (Å²) in [5.74, 6) is -0.131. The van der Waals surface area contributed by atoms with Crippen LogP contribution in [0.4, 0.5) is 17.1 Å². The summed E-state index contributed by atoms with van der Waals surface area (Å²) in [6.07, 6.45) is 7.03. The number of hydrogen-bond donors (Lipinski definition) is 2. The highest BCUT2D eigenvalue weighted by Gasteiger charge is 2.30. The lowest BCUT2D eigenvalue weighted by Crippen LogP contribution is -2.36. The van der Waals surface area contributed by atoms with Crippen molar-refractivity contribution in [1.29, 1.82) is 0 Å². The number of nitrogens with one attached hydrogen (secondary N) is 2. The molecular formula is C32H30N6O4. The summed E-state index contributed by atoms with van der Waals surface area (Å²) >= 11 is 0. The van der Waals surface area contributed by atoms with Crippen molar-refractivity contribution in [3.05, 3.63) is 106 Å². The number of anilines is 2. The number of carbonyl (C=O) groups excluding carboxylic acids is 2. The van der Waals surface area contributed by atoms with Crippen molar-refractivity contribution < 1.29 is 14.5 Å². The highest BCUT2D eigenvalue weighted by molar-refractivity contribution is 6.37. The lowest BCUT2D eigenvalue weighted by atomic mass is 9.98. The van der Waals surface area contributed by atoms with Crippen molar-refractivity contribution in [2.45, 2.75) is 25.7 Å². The van der Waals surface area contributed by atoms with Crippen molar-refractivity contribution in [3.8, 4) is 11.3 Å². The molecule has 2 amide bonds. The van der Waals surface area contributed by atoms with Gasteiger partial charge in [-0.3, -0.25) is 19.7 Å². The molecule has 10 nitrogen and oxygen atoms in total. The van der Waals surface area contributed by atoms with Gasteiger partial charge in [0.25, 0.3) is 11.6 Å². The average molecular weight is 563 g/mol. The highest BCUT2D eigenvalue weighted by atomic mass is 16.6. The number of nitro benzene ring substituents is 1. The molecule has 0 bridgehead atoms. The molecule has 3 heterocycles. The summed E-state index contributed by atoms with van der Waals surface area (Å²) in [6.45, 7) is 1.48. The van der Waals surface area contributed by atoms with E-state index in [1.807, 2.05) is 71.2 Å². The molecule has 2 N–H and O–H groups in total. The number of imidazole rings is 1. The van der Waals surface area contributed by atoms with E-state index in [9.17, 15) is 19.7 Å². The first-order valence-electron chi connectivity index (χ1n) is 13.9. The predicted molar refractivity (Wildman–Crippen MR) is 161 cm³/mol. The zero-order valence-corrected chi connectivity index (χ0v) is 23.2. The zero-order chi connectivity index (χ0) is 29.2. The molecule has 1 aromatic heterocycles. The summed E-state index contributed by atoms with van der Waals surface area (Å²) in [5.41, 5.74) is 6.14. The van der Waals surface area contributed by atoms with Gasteiger partial charge in [-0.05, 0) is 48.6 Å². The van der Waals surface area contributed by atoms with Gasteiger partial charge in [0.1, 0.15) is 0 Å². The maximum Gasteiger partial charge on any atom is 0.270 e. The fraction of sp³-hybridized carbons (Fsp3) is 0.219. The van der Waals surface area contributed by atoms with Crippen LogP contribution in [0.3, 0.4) is 0 Å². The second-order valence-corrected chi connectivity index (χ2v) is 10.6. The lowest BCUT2D eigenvalue weighted by Gasteiger charge is -2.26. The van der Waals surface area contributed by atoms with Crippen molar-refractivity contribution in [2.24, 2.45) is 7.05 Å². The van der Waals surface area contributed by atoms with E-state index in [0.29, 0.717) is 35.5 Å². The molecule has 212 valence electrons. The normalized spacial score (nSPS) is 15.8. The summed E-state index contributed by atoms with van der Waals surface area (Å²) in [7, 11) is 1.91. The van der Waals surface area contributed by atoms with E-state index < -0.39 is 4.92 Å². The van der Waals surface area contributed by atoms with Crippen LogP contribution in [0.5, 0.6) is 0 Å². The van der Waals surface area contributed by atoms with Crippen LogP contribution in [0.1, 0.15) is 36.0 Å². The number of nitro groups is 1. The van der Waals surface area contributed by atoms with Crippen LogP contribution >= 0.6 is 0 Å². The third-order valence-electron chi connectivity index (χ3n) is 7.70. The van der Waals surface area contributed by atoms with Crippen LogP contribution in [-0.4, -0.2) is 44.3 Å². The van der Waals surface area contributed by atoms with E-state index in [0.717, 1.165) is 53.9 Å². The Hall–Kier alpha value is -5.25. The Morgan fingerprint density at radius 3 is 2.52 bits per heavy atom. The van der Waals surface area contributed by atoms with Crippen LogP contribution in [0, 0.1) is 10.1 Å². The summed E-state index contributed by atoms with van der Waals surface area (Å²) in [6, 6.07) is 20.0. The number of carbonyl (C=O) groups is 2. The molecule has 4 aromatic rings. The fourth-order valence-electron chi connectivity index (χ4n) is 5.43. The van der Waals surface area contributed by atoms with Crippen molar-refractivity contribution in [1.82, 2.24) is 14.5 Å². The maximum absolute atomic E-state index is 13.3. The second-order valence-electron chi connectivity index (χ2n) is 10.6. The van der Waals surface area contributed by atoms with Crippen LogP contribution in [-0.2, 0) is 23.1 Å². The number of rotatable bonds is 8. The molecule has 2 aliphatic heterocycles. The van der Waals surface area contributed by atoms with Gasteiger partial charge in [0, 0.05) is 67.4 Å². The number of amides is 2. The summed E-state index contributed by atoms with van der Waals surface area (Å²) in [4.78, 5) is 42.9. The van der Waals surface area contributed by atoms with Crippen LogP contribution < -0.4 is 10.6 Å². The van der Waals surface area contributed by atoms with Gasteiger partial charge in [-0.2, -0.15) is 0 Å². The van der Waals surface area contributed by atoms with E-state index in [1.165, 1.54) is 12.1 Å². The first-order valence-corrected chi connectivity index (χ1v) is 13.9. The Morgan fingerprint density at radius 2 is 1.83 bits per heavy atom. The van der Waals surface area contributed by atoms with E-state index >= 15 is 0 Å². The summed E-state index contributed by atoms with van der Waals surface area (Å²) in [5, 5.41) is 17.8. The van der Waals surface area contributed by atoms with Crippen molar-refractivity contribution in [2.75, 3.05) is 23.7 Å². The number of non-ortho nitro benzene ring substituents is 1. The molecule has 0 spiro atoms.